The minimum Gasteiger partial charge on any atom is -0.480 e. The first-order chi connectivity index (χ1) is 18.1. The van der Waals surface area contributed by atoms with Crippen LogP contribution in [0.15, 0.2) is 35.3 Å². The van der Waals surface area contributed by atoms with Gasteiger partial charge < -0.3 is 26.8 Å². The minimum atomic E-state index is -1.21. The Morgan fingerprint density at radius 3 is 2.53 bits per heavy atom. The number of nitrogens with zero attached hydrogens (tertiary/aromatic N) is 3. The molecular weight excluding hydrogens is 492 g/mol. The molecule has 202 valence electrons. The molecule has 0 fully saturated rings. The van der Waals surface area contributed by atoms with E-state index in [0.717, 1.165) is 12.8 Å². The first kappa shape index (κ1) is 28.0. The Bertz CT molecular complexity index is 1340. The van der Waals surface area contributed by atoms with Gasteiger partial charge in [-0.15, -0.1) is 0 Å². The Morgan fingerprint density at radius 1 is 1.11 bits per heavy atom. The summed E-state index contributed by atoms with van der Waals surface area (Å²) in [5, 5.41) is 17.8. The summed E-state index contributed by atoms with van der Waals surface area (Å²) in [5.41, 5.74) is 6.66. The number of aromatic nitrogens is 4. The van der Waals surface area contributed by atoms with Crippen LogP contribution < -0.4 is 27.2 Å². The van der Waals surface area contributed by atoms with Crippen molar-refractivity contribution in [3.63, 3.8) is 0 Å². The van der Waals surface area contributed by atoms with E-state index in [4.69, 9.17) is 5.73 Å². The van der Waals surface area contributed by atoms with Crippen molar-refractivity contribution in [3.8, 4) is 0 Å². The predicted octanol–water partition coefficient (Wildman–Crippen LogP) is 1.42. The number of amides is 2. The van der Waals surface area contributed by atoms with Crippen molar-refractivity contribution in [3.05, 3.63) is 52.1 Å². The van der Waals surface area contributed by atoms with Crippen LogP contribution in [-0.2, 0) is 16.1 Å². The Morgan fingerprint density at radius 2 is 1.84 bits per heavy atom. The van der Waals surface area contributed by atoms with Crippen molar-refractivity contribution >= 4 is 40.6 Å². The highest BCUT2D eigenvalue weighted by Crippen LogP contribution is 2.12. The number of hydrogen-bond acceptors (Lipinski definition) is 9. The van der Waals surface area contributed by atoms with Crippen LogP contribution in [0.3, 0.4) is 0 Å². The van der Waals surface area contributed by atoms with Gasteiger partial charge >= 0.3 is 5.97 Å². The number of anilines is 2. The molecule has 3 aromatic rings. The SMILES string of the molecule is CC(C)CCCNC(=O)CC[C@H](NC(=O)c1ccc(NCc2cnc3nc(N)[nH]c(=O)c3n2)cc1)C(=O)O. The third kappa shape index (κ3) is 8.25. The zero-order chi connectivity index (χ0) is 27.7. The highest BCUT2D eigenvalue weighted by Gasteiger charge is 2.21. The van der Waals surface area contributed by atoms with Crippen LogP contribution >= 0.6 is 0 Å². The van der Waals surface area contributed by atoms with Gasteiger partial charge in [0.25, 0.3) is 11.5 Å². The average Bonchev–Trinajstić information content (AvgIpc) is 2.87. The molecule has 3 rings (SSSR count). The number of nitrogen functional groups attached to an aromatic ring is 1. The van der Waals surface area contributed by atoms with Crippen molar-refractivity contribution in [1.29, 1.82) is 0 Å². The van der Waals surface area contributed by atoms with Crippen molar-refractivity contribution in [2.75, 3.05) is 17.6 Å². The molecule has 0 aliphatic carbocycles. The molecule has 7 N–H and O–H groups in total. The lowest BCUT2D eigenvalue weighted by Crippen LogP contribution is -2.41. The number of aliphatic carboxylic acids is 1. The van der Waals surface area contributed by atoms with Crippen molar-refractivity contribution in [2.24, 2.45) is 5.92 Å². The standard InChI is InChI=1S/C25H32N8O5/c1-14(2)4-3-11-27-19(34)10-9-18(24(37)38)31-22(35)15-5-7-16(8-6-15)28-12-17-13-29-21-20(30-17)23(36)33-25(26)32-21/h5-8,13-14,18,28H,3-4,9-12H2,1-2H3,(H,27,34)(H,31,35)(H,37,38)(H3,26,29,32,33,36)/t18-/m0/s1. The Hall–Kier alpha value is -4.55. The molecule has 0 unspecified atom stereocenters. The van der Waals surface area contributed by atoms with Crippen LogP contribution in [0.2, 0.25) is 0 Å². The maximum Gasteiger partial charge on any atom is 0.326 e. The zero-order valence-electron chi connectivity index (χ0n) is 21.3. The van der Waals surface area contributed by atoms with E-state index in [1.54, 1.807) is 24.3 Å². The first-order valence-corrected chi connectivity index (χ1v) is 12.3. The number of benzene rings is 1. The fourth-order valence-corrected chi connectivity index (χ4v) is 3.59. The van der Waals surface area contributed by atoms with Crippen molar-refractivity contribution in [2.45, 2.75) is 52.1 Å². The molecule has 2 aromatic heterocycles. The average molecular weight is 525 g/mol. The Kier molecular flexibility index (Phi) is 9.68. The summed E-state index contributed by atoms with van der Waals surface area (Å²) in [6.07, 6.45) is 3.30. The molecule has 0 saturated heterocycles. The predicted molar refractivity (Wildman–Crippen MR) is 141 cm³/mol. The Balaban J connectivity index is 1.51. The molecule has 1 atom stereocenters. The van der Waals surface area contributed by atoms with Crippen LogP contribution in [0, 0.1) is 5.92 Å². The number of fused-ring (bicyclic) bond motifs is 1. The van der Waals surface area contributed by atoms with E-state index < -0.39 is 23.5 Å². The smallest absolute Gasteiger partial charge is 0.326 e. The van der Waals surface area contributed by atoms with Gasteiger partial charge in [-0.2, -0.15) is 4.98 Å². The number of carbonyl (C=O) groups is 3. The minimum absolute atomic E-state index is 0.00519. The van der Waals surface area contributed by atoms with Crippen LogP contribution in [-0.4, -0.2) is 55.4 Å². The van der Waals surface area contributed by atoms with Crippen LogP contribution in [0.1, 0.15) is 55.6 Å². The number of carboxylic acid groups (broad SMARTS) is 1. The lowest BCUT2D eigenvalue weighted by molar-refractivity contribution is -0.139. The molecule has 0 aliphatic rings. The van der Waals surface area contributed by atoms with Gasteiger partial charge in [-0.05, 0) is 49.4 Å². The molecule has 0 radical (unpaired) electrons. The van der Waals surface area contributed by atoms with E-state index in [-0.39, 0.29) is 48.0 Å². The van der Waals surface area contributed by atoms with Crippen LogP contribution in [0.5, 0.6) is 0 Å². The molecule has 38 heavy (non-hydrogen) atoms. The third-order valence-electron chi connectivity index (χ3n) is 5.65. The van der Waals surface area contributed by atoms with Crippen LogP contribution in [0.4, 0.5) is 11.6 Å². The molecule has 13 nitrogen and oxygen atoms in total. The molecule has 2 amide bonds. The number of rotatable bonds is 13. The van der Waals surface area contributed by atoms with Crippen LogP contribution in [0.25, 0.3) is 11.2 Å². The van der Waals surface area contributed by atoms with Gasteiger partial charge in [0, 0.05) is 24.2 Å². The van der Waals surface area contributed by atoms with Crippen molar-refractivity contribution < 1.29 is 19.5 Å². The maximum atomic E-state index is 12.6. The summed E-state index contributed by atoms with van der Waals surface area (Å²) in [6.45, 7) is 5.00. The van der Waals surface area contributed by atoms with Gasteiger partial charge in [0.05, 0.1) is 18.4 Å². The molecule has 0 saturated carbocycles. The summed E-state index contributed by atoms with van der Waals surface area (Å²) in [4.78, 5) is 62.9. The number of nitrogens with one attached hydrogen (secondary N) is 4. The summed E-state index contributed by atoms with van der Waals surface area (Å²) in [7, 11) is 0. The second kappa shape index (κ2) is 13.1. The van der Waals surface area contributed by atoms with E-state index in [1.807, 2.05) is 0 Å². The summed E-state index contributed by atoms with van der Waals surface area (Å²) in [5.74, 6) is -1.51. The van der Waals surface area contributed by atoms with Gasteiger partial charge in [-0.3, -0.25) is 19.4 Å². The quantitative estimate of drug-likeness (QED) is 0.177. The van der Waals surface area contributed by atoms with Gasteiger partial charge in [0.1, 0.15) is 6.04 Å². The van der Waals surface area contributed by atoms with Gasteiger partial charge in [-0.1, -0.05) is 13.8 Å². The van der Waals surface area contributed by atoms with E-state index in [0.29, 0.717) is 23.8 Å². The van der Waals surface area contributed by atoms with E-state index in [9.17, 15) is 24.3 Å². The van der Waals surface area contributed by atoms with E-state index in [2.05, 4.69) is 49.7 Å². The second-order valence-corrected chi connectivity index (χ2v) is 9.20. The highest BCUT2D eigenvalue weighted by molar-refractivity contribution is 5.97. The summed E-state index contributed by atoms with van der Waals surface area (Å²) < 4.78 is 0. The molecule has 0 aliphatic heterocycles. The normalized spacial score (nSPS) is 11.8. The molecule has 0 spiro atoms. The number of H-pyrrole nitrogens is 1. The summed E-state index contributed by atoms with van der Waals surface area (Å²) >= 11 is 0. The third-order valence-corrected chi connectivity index (χ3v) is 5.65. The van der Waals surface area contributed by atoms with E-state index >= 15 is 0 Å². The lowest BCUT2D eigenvalue weighted by atomic mass is 10.1. The largest absolute Gasteiger partial charge is 0.480 e. The molecule has 2 heterocycles. The zero-order valence-corrected chi connectivity index (χ0v) is 21.3. The Labute approximate surface area is 218 Å². The molecular formula is C25H32N8O5. The summed E-state index contributed by atoms with van der Waals surface area (Å²) in [6, 6.07) is 5.20. The fraction of sp³-hybridized carbons (Fsp3) is 0.400. The topological polar surface area (TPSA) is 205 Å². The highest BCUT2D eigenvalue weighted by atomic mass is 16.4. The molecule has 13 heteroatoms. The fourth-order valence-electron chi connectivity index (χ4n) is 3.59. The van der Waals surface area contributed by atoms with Crippen molar-refractivity contribution in [1.82, 2.24) is 30.6 Å². The number of carboxylic acids is 1. The van der Waals surface area contributed by atoms with E-state index in [1.165, 1.54) is 6.20 Å². The van der Waals surface area contributed by atoms with Gasteiger partial charge in [0.15, 0.2) is 11.2 Å². The molecule has 0 bridgehead atoms. The first-order valence-electron chi connectivity index (χ1n) is 12.3. The number of aromatic amines is 1. The number of nitrogens with two attached hydrogens (primary N) is 1. The lowest BCUT2D eigenvalue weighted by Gasteiger charge is -2.15. The monoisotopic (exact) mass is 524 g/mol. The van der Waals surface area contributed by atoms with Gasteiger partial charge in [0.2, 0.25) is 11.9 Å². The number of hydrogen-bond donors (Lipinski definition) is 6. The number of carbonyl (C=O) groups excluding carboxylic acids is 2. The maximum absolute atomic E-state index is 12.6. The van der Waals surface area contributed by atoms with Gasteiger partial charge in [-0.25, -0.2) is 14.8 Å². The second-order valence-electron chi connectivity index (χ2n) is 9.20. The molecule has 1 aromatic carbocycles.